The fourth-order valence-corrected chi connectivity index (χ4v) is 3.23. The summed E-state index contributed by atoms with van der Waals surface area (Å²) in [6.45, 7) is 3.70. The molecule has 0 saturated carbocycles. The largest absolute Gasteiger partial charge is 0.496 e. The molecule has 0 bridgehead atoms. The van der Waals surface area contributed by atoms with Crippen LogP contribution < -0.4 is 10.2 Å². The van der Waals surface area contributed by atoms with Crippen LogP contribution in [-0.4, -0.2) is 30.1 Å². The summed E-state index contributed by atoms with van der Waals surface area (Å²) < 4.78 is 10.8. The Morgan fingerprint density at radius 3 is 2.60 bits per heavy atom. The number of methoxy groups -OCH3 is 1. The molecule has 0 unspecified atom stereocenters. The number of carbonyl (C=O) groups is 1. The van der Waals surface area contributed by atoms with Crippen molar-refractivity contribution in [3.8, 4) is 5.75 Å². The van der Waals surface area contributed by atoms with E-state index in [1.165, 1.54) is 7.11 Å². The van der Waals surface area contributed by atoms with Crippen molar-refractivity contribution in [2.24, 2.45) is 0 Å². The zero-order valence-corrected chi connectivity index (χ0v) is 14.6. The van der Waals surface area contributed by atoms with Crippen LogP contribution in [0, 0.1) is 0 Å². The van der Waals surface area contributed by atoms with Crippen molar-refractivity contribution in [3.63, 3.8) is 0 Å². The van der Waals surface area contributed by atoms with Crippen LogP contribution in [0.15, 0.2) is 36.4 Å². The molecule has 1 heterocycles. The van der Waals surface area contributed by atoms with Crippen LogP contribution in [0.25, 0.3) is 0 Å². The molecular formula is C19H21BO5. The molecule has 6 heteroatoms. The molecule has 3 rings (SSSR count). The number of fused-ring (bicyclic) bond motifs is 1. The maximum Gasteiger partial charge on any atom is 0.492 e. The van der Waals surface area contributed by atoms with Gasteiger partial charge in [0.25, 0.3) is 0 Å². The Labute approximate surface area is 147 Å². The molecule has 0 aromatic heterocycles. The zero-order chi connectivity index (χ0) is 18.2. The minimum absolute atomic E-state index is 0.0889. The van der Waals surface area contributed by atoms with Gasteiger partial charge in [0.05, 0.1) is 24.9 Å². The van der Waals surface area contributed by atoms with E-state index >= 15 is 0 Å². The van der Waals surface area contributed by atoms with E-state index in [9.17, 15) is 14.9 Å². The molecule has 2 N–H and O–H groups in total. The Bertz CT molecular complexity index is 815. The van der Waals surface area contributed by atoms with Crippen LogP contribution in [0.5, 0.6) is 5.75 Å². The molecule has 0 amide bonds. The summed E-state index contributed by atoms with van der Waals surface area (Å²) in [7, 11) is 0.525. The van der Waals surface area contributed by atoms with Crippen molar-refractivity contribution in [2.75, 3.05) is 7.11 Å². The van der Waals surface area contributed by atoms with Gasteiger partial charge in [-0.1, -0.05) is 24.3 Å². The van der Waals surface area contributed by atoms with Crippen LogP contribution >= 0.6 is 0 Å². The number of ketones is 1. The molecule has 1 aliphatic heterocycles. The van der Waals surface area contributed by atoms with E-state index in [4.69, 9.17) is 9.39 Å². The lowest BCUT2D eigenvalue weighted by atomic mass is 9.77. The average molecular weight is 340 g/mol. The van der Waals surface area contributed by atoms with E-state index in [0.29, 0.717) is 22.3 Å². The molecule has 0 atom stereocenters. The van der Waals surface area contributed by atoms with Crippen LogP contribution in [0.3, 0.4) is 0 Å². The predicted molar refractivity (Wildman–Crippen MR) is 95.1 cm³/mol. The normalized spacial score (nSPS) is 15.2. The molecule has 0 fully saturated rings. The fourth-order valence-electron chi connectivity index (χ4n) is 3.23. The summed E-state index contributed by atoms with van der Waals surface area (Å²) in [5.74, 6) is 0.358. The van der Waals surface area contributed by atoms with E-state index in [-0.39, 0.29) is 18.8 Å². The van der Waals surface area contributed by atoms with Crippen LogP contribution in [-0.2, 0) is 23.3 Å². The number of benzene rings is 2. The Kier molecular flexibility index (Phi) is 4.69. The highest BCUT2D eigenvalue weighted by atomic mass is 16.5. The summed E-state index contributed by atoms with van der Waals surface area (Å²) >= 11 is 0. The second kappa shape index (κ2) is 6.63. The maximum absolute atomic E-state index is 12.7. The first-order chi connectivity index (χ1) is 11.9. The van der Waals surface area contributed by atoms with E-state index < -0.39 is 12.7 Å². The molecule has 0 spiro atoms. The Hall–Kier alpha value is -2.15. The smallest absolute Gasteiger partial charge is 0.492 e. The number of aliphatic hydroxyl groups is 1. The van der Waals surface area contributed by atoms with Gasteiger partial charge >= 0.3 is 7.12 Å². The first-order valence-corrected chi connectivity index (χ1v) is 8.16. The minimum atomic E-state index is -0.974. The van der Waals surface area contributed by atoms with E-state index in [1.807, 2.05) is 32.0 Å². The van der Waals surface area contributed by atoms with Gasteiger partial charge in [-0.2, -0.15) is 0 Å². The highest BCUT2D eigenvalue weighted by Gasteiger charge is 2.40. The van der Waals surface area contributed by atoms with Crippen LogP contribution in [0.4, 0.5) is 0 Å². The summed E-state index contributed by atoms with van der Waals surface area (Å²) in [4.78, 5) is 12.7. The number of aliphatic hydroxyl groups excluding tert-OH is 1. The van der Waals surface area contributed by atoms with Gasteiger partial charge in [-0.25, -0.2) is 0 Å². The van der Waals surface area contributed by atoms with Gasteiger partial charge in [-0.15, -0.1) is 0 Å². The van der Waals surface area contributed by atoms with Crippen molar-refractivity contribution < 1.29 is 24.3 Å². The monoisotopic (exact) mass is 340 g/mol. The number of rotatable bonds is 5. The van der Waals surface area contributed by atoms with Crippen molar-refractivity contribution in [1.82, 2.24) is 0 Å². The van der Waals surface area contributed by atoms with E-state index in [2.05, 4.69) is 0 Å². The number of Topliss-reactive ketones (excluding diaryl/α,β-unsaturated/α-hetero) is 1. The quantitative estimate of drug-likeness (QED) is 0.638. The fraction of sp³-hybridized carbons (Fsp3) is 0.316. The molecule has 0 saturated heterocycles. The Balaban J connectivity index is 1.86. The minimum Gasteiger partial charge on any atom is -0.496 e. The summed E-state index contributed by atoms with van der Waals surface area (Å²) in [5.41, 5.74) is 3.06. The van der Waals surface area contributed by atoms with Gasteiger partial charge in [-0.05, 0) is 48.1 Å². The highest BCUT2D eigenvalue weighted by Crippen LogP contribution is 2.30. The molecule has 0 aliphatic carbocycles. The van der Waals surface area contributed by atoms with Crippen molar-refractivity contribution in [1.29, 1.82) is 0 Å². The number of ether oxygens (including phenoxy) is 1. The van der Waals surface area contributed by atoms with Gasteiger partial charge < -0.3 is 19.5 Å². The third-order valence-corrected chi connectivity index (χ3v) is 4.55. The summed E-state index contributed by atoms with van der Waals surface area (Å²) in [6.07, 6.45) is 0.190. The molecule has 5 nitrogen and oxygen atoms in total. The number of carbonyl (C=O) groups excluding carboxylic acids is 1. The van der Waals surface area contributed by atoms with Crippen molar-refractivity contribution in [2.45, 2.75) is 32.5 Å². The van der Waals surface area contributed by atoms with Gasteiger partial charge in [0, 0.05) is 6.42 Å². The molecule has 2 aromatic rings. The van der Waals surface area contributed by atoms with E-state index in [0.717, 1.165) is 11.1 Å². The first kappa shape index (κ1) is 17.7. The van der Waals surface area contributed by atoms with Gasteiger partial charge in [0.15, 0.2) is 5.78 Å². The van der Waals surface area contributed by atoms with Gasteiger partial charge in [0.2, 0.25) is 0 Å². The predicted octanol–water partition coefficient (Wildman–Crippen LogP) is 1.57. The van der Waals surface area contributed by atoms with Crippen molar-refractivity contribution >= 4 is 18.4 Å². The van der Waals surface area contributed by atoms with E-state index in [1.54, 1.807) is 18.2 Å². The average Bonchev–Trinajstić information content (AvgIpc) is 2.82. The third kappa shape index (κ3) is 3.33. The van der Waals surface area contributed by atoms with Gasteiger partial charge in [0.1, 0.15) is 5.75 Å². The molecule has 25 heavy (non-hydrogen) atoms. The molecule has 2 aromatic carbocycles. The number of hydrogen-bond acceptors (Lipinski definition) is 5. The molecule has 1 aliphatic rings. The van der Waals surface area contributed by atoms with Crippen molar-refractivity contribution in [3.05, 3.63) is 58.7 Å². The zero-order valence-electron chi connectivity index (χ0n) is 14.6. The lowest BCUT2D eigenvalue weighted by molar-refractivity contribution is 0.0988. The third-order valence-electron chi connectivity index (χ3n) is 4.55. The van der Waals surface area contributed by atoms with Crippen LogP contribution in [0.1, 0.15) is 40.9 Å². The number of hydrogen-bond donors (Lipinski definition) is 2. The maximum atomic E-state index is 12.7. The second-order valence-corrected chi connectivity index (χ2v) is 6.69. The highest BCUT2D eigenvalue weighted by molar-refractivity contribution is 6.62. The lowest BCUT2D eigenvalue weighted by Gasteiger charge is -2.19. The lowest BCUT2D eigenvalue weighted by Crippen LogP contribution is -2.29. The molecule has 0 radical (unpaired) electrons. The van der Waals surface area contributed by atoms with Gasteiger partial charge in [-0.3, -0.25) is 4.79 Å². The Morgan fingerprint density at radius 1 is 1.20 bits per heavy atom. The standard InChI is InChI=1S/C19H21BO5/c1-19(2)15-7-5-12(8-16(15)20(23)25-19)9-17(22)14-6-4-13(11-21)10-18(14)24-3/h4-8,10,21,23H,9,11H2,1-3H3. The summed E-state index contributed by atoms with van der Waals surface area (Å²) in [6, 6.07) is 10.6. The second-order valence-electron chi connectivity index (χ2n) is 6.69. The summed E-state index contributed by atoms with van der Waals surface area (Å²) in [5, 5.41) is 19.3. The topological polar surface area (TPSA) is 76.0 Å². The Morgan fingerprint density at radius 2 is 1.92 bits per heavy atom. The molecule has 130 valence electrons. The SMILES string of the molecule is COc1cc(CO)ccc1C(=O)Cc1ccc2c(c1)B(O)OC2(C)C. The van der Waals surface area contributed by atoms with Crippen LogP contribution in [0.2, 0.25) is 0 Å². The first-order valence-electron chi connectivity index (χ1n) is 8.16. The molecular weight excluding hydrogens is 319 g/mol.